The highest BCUT2D eigenvalue weighted by Crippen LogP contribution is 2.36. The summed E-state index contributed by atoms with van der Waals surface area (Å²) in [5.74, 6) is -4.82. The molecule has 0 N–H and O–H groups in total. The van der Waals surface area contributed by atoms with Crippen LogP contribution in [0.2, 0.25) is 0 Å². The molecule has 7 heteroatoms. The van der Waals surface area contributed by atoms with E-state index in [2.05, 4.69) is 4.74 Å². The van der Waals surface area contributed by atoms with Crippen molar-refractivity contribution < 1.29 is 31.5 Å². The molecule has 0 aromatic carbocycles. The molecule has 0 aliphatic rings. The van der Waals surface area contributed by atoms with Crippen molar-refractivity contribution in [2.45, 2.75) is 25.4 Å². The van der Waals surface area contributed by atoms with Crippen LogP contribution in [0.15, 0.2) is 0 Å². The quantitative estimate of drug-likeness (QED) is 0.520. The molecule has 0 heterocycles. The summed E-state index contributed by atoms with van der Waals surface area (Å²) in [6, 6.07) is -3.19. The summed E-state index contributed by atoms with van der Waals surface area (Å²) in [5.41, 5.74) is 0. The number of ether oxygens (including phenoxy) is 1. The average Bonchev–Trinajstić information content (AvgIpc) is 1.97. The van der Waals surface area contributed by atoms with Crippen molar-refractivity contribution in [2.24, 2.45) is 0 Å². The molecule has 0 spiro atoms. The largest absolute Gasteiger partial charge is 0.459 e. The minimum atomic E-state index is -5.69. The van der Waals surface area contributed by atoms with Gasteiger partial charge in [0.25, 0.3) is 0 Å². The third-order valence-corrected chi connectivity index (χ3v) is 1.12. The van der Waals surface area contributed by atoms with Crippen molar-refractivity contribution >= 4 is 6.04 Å². The van der Waals surface area contributed by atoms with E-state index in [1.165, 1.54) is 6.92 Å². The zero-order chi connectivity index (χ0) is 10.7. The van der Waals surface area contributed by atoms with E-state index < -0.39 is 24.7 Å². The Morgan fingerprint density at radius 3 is 2.00 bits per heavy atom. The van der Waals surface area contributed by atoms with Crippen LogP contribution in [0.5, 0.6) is 0 Å². The maximum atomic E-state index is 12.5. The molecule has 0 saturated heterocycles. The lowest BCUT2D eigenvalue weighted by molar-refractivity contribution is -0.318. The molecule has 0 rings (SSSR count). The Balaban J connectivity index is 4.64. The number of hydrogen-bond acceptors (Lipinski definition) is 2. The third kappa shape index (κ3) is 2.61. The fraction of sp³-hybridized carbons (Fsp3) is 0.833. The molecule has 0 bridgehead atoms. The van der Waals surface area contributed by atoms with Crippen LogP contribution in [-0.2, 0) is 9.53 Å². The van der Waals surface area contributed by atoms with Gasteiger partial charge in [-0.1, -0.05) is 6.92 Å². The van der Waals surface area contributed by atoms with Crippen LogP contribution in [0.1, 0.15) is 13.3 Å². The first-order valence-electron chi connectivity index (χ1n) is 3.35. The summed E-state index contributed by atoms with van der Waals surface area (Å²) in [6.45, 7) is 0.700. The van der Waals surface area contributed by atoms with Crippen molar-refractivity contribution in [2.75, 3.05) is 6.61 Å². The summed E-state index contributed by atoms with van der Waals surface area (Å²) in [7, 11) is 0. The van der Waals surface area contributed by atoms with Crippen LogP contribution in [-0.4, -0.2) is 24.7 Å². The number of hydrogen-bond donors (Lipinski definition) is 0. The summed E-state index contributed by atoms with van der Waals surface area (Å²) in [4.78, 5) is 9.73. The highest BCUT2D eigenvalue weighted by atomic mass is 19.4. The monoisotopic (exact) mass is 206 g/mol. The van der Waals surface area contributed by atoms with E-state index in [0.29, 0.717) is 0 Å². The van der Waals surface area contributed by atoms with Gasteiger partial charge in [0.1, 0.15) is 0 Å². The molecule has 1 atom stereocenters. The SMILES string of the molecule is CCCOC(F)(C(=O)F)C(F)(F)F. The minimum Gasteiger partial charge on any atom is -0.331 e. The lowest BCUT2D eigenvalue weighted by Gasteiger charge is -2.22. The van der Waals surface area contributed by atoms with E-state index in [-0.39, 0.29) is 6.42 Å². The molecular formula is C6H7F5O2. The minimum absolute atomic E-state index is 0.0367. The standard InChI is InChI=1S/C6H7F5O2/c1-2-3-13-5(8,4(7)12)6(9,10)11/h2-3H2,1H3. The molecule has 13 heavy (non-hydrogen) atoms. The van der Waals surface area contributed by atoms with Gasteiger partial charge in [-0.25, -0.2) is 0 Å². The van der Waals surface area contributed by atoms with Crippen molar-refractivity contribution in [3.8, 4) is 0 Å². The molecule has 0 aliphatic heterocycles. The van der Waals surface area contributed by atoms with Crippen LogP contribution < -0.4 is 0 Å². The number of halogens is 5. The van der Waals surface area contributed by atoms with Gasteiger partial charge in [-0.2, -0.15) is 22.0 Å². The Morgan fingerprint density at radius 1 is 1.31 bits per heavy atom. The zero-order valence-electron chi connectivity index (χ0n) is 6.62. The summed E-state index contributed by atoms with van der Waals surface area (Å²) < 4.78 is 62.9. The molecule has 0 aromatic heterocycles. The fourth-order valence-corrected chi connectivity index (χ4v) is 0.493. The lowest BCUT2D eigenvalue weighted by Crippen LogP contribution is -2.49. The van der Waals surface area contributed by atoms with Gasteiger partial charge in [0.15, 0.2) is 0 Å². The molecule has 0 aliphatic carbocycles. The Kier molecular flexibility index (Phi) is 3.77. The Bertz CT molecular complexity index is 190. The Labute approximate surface area is 70.7 Å². The second-order valence-corrected chi connectivity index (χ2v) is 2.22. The van der Waals surface area contributed by atoms with Gasteiger partial charge in [0, 0.05) is 0 Å². The molecule has 0 aromatic rings. The van der Waals surface area contributed by atoms with E-state index in [1.807, 2.05) is 0 Å². The molecule has 0 amide bonds. The smallest absolute Gasteiger partial charge is 0.331 e. The van der Waals surface area contributed by atoms with Gasteiger partial charge in [0.2, 0.25) is 0 Å². The predicted octanol–water partition coefficient (Wildman–Crippen LogP) is 2.14. The van der Waals surface area contributed by atoms with E-state index in [0.717, 1.165) is 0 Å². The Hall–Kier alpha value is -0.720. The lowest BCUT2D eigenvalue weighted by atomic mass is 10.3. The predicted molar refractivity (Wildman–Crippen MR) is 32.3 cm³/mol. The molecule has 78 valence electrons. The highest BCUT2D eigenvalue weighted by Gasteiger charge is 2.64. The van der Waals surface area contributed by atoms with Crippen LogP contribution in [0.25, 0.3) is 0 Å². The molecular weight excluding hydrogens is 199 g/mol. The third-order valence-electron chi connectivity index (χ3n) is 1.12. The van der Waals surface area contributed by atoms with Crippen LogP contribution in [0.4, 0.5) is 22.0 Å². The van der Waals surface area contributed by atoms with Gasteiger partial charge in [-0.05, 0) is 6.42 Å². The maximum absolute atomic E-state index is 12.5. The first kappa shape index (κ1) is 12.3. The van der Waals surface area contributed by atoms with Gasteiger partial charge >= 0.3 is 18.1 Å². The normalized spacial score (nSPS) is 16.8. The fourth-order valence-electron chi connectivity index (χ4n) is 0.493. The Morgan fingerprint density at radius 2 is 1.77 bits per heavy atom. The average molecular weight is 206 g/mol. The van der Waals surface area contributed by atoms with Gasteiger partial charge in [-0.15, -0.1) is 0 Å². The molecule has 1 unspecified atom stereocenters. The molecule has 0 radical (unpaired) electrons. The van der Waals surface area contributed by atoms with Crippen LogP contribution >= 0.6 is 0 Å². The van der Waals surface area contributed by atoms with E-state index >= 15 is 0 Å². The van der Waals surface area contributed by atoms with Crippen molar-refractivity contribution in [3.63, 3.8) is 0 Å². The summed E-state index contributed by atoms with van der Waals surface area (Å²) in [6.07, 6.45) is -5.65. The maximum Gasteiger partial charge on any atom is 0.459 e. The van der Waals surface area contributed by atoms with Crippen LogP contribution in [0, 0.1) is 0 Å². The van der Waals surface area contributed by atoms with Gasteiger partial charge < -0.3 is 4.74 Å². The van der Waals surface area contributed by atoms with E-state index in [9.17, 15) is 26.7 Å². The molecule has 2 nitrogen and oxygen atoms in total. The number of carbonyl (C=O) groups is 1. The first-order chi connectivity index (χ1) is 5.75. The first-order valence-corrected chi connectivity index (χ1v) is 3.35. The van der Waals surface area contributed by atoms with Crippen molar-refractivity contribution in [1.29, 1.82) is 0 Å². The van der Waals surface area contributed by atoms with Crippen molar-refractivity contribution in [1.82, 2.24) is 0 Å². The van der Waals surface area contributed by atoms with Gasteiger partial charge in [0.05, 0.1) is 6.61 Å². The summed E-state index contributed by atoms with van der Waals surface area (Å²) >= 11 is 0. The summed E-state index contributed by atoms with van der Waals surface area (Å²) in [5, 5.41) is 0. The highest BCUT2D eigenvalue weighted by molar-refractivity contribution is 5.77. The second-order valence-electron chi connectivity index (χ2n) is 2.22. The topological polar surface area (TPSA) is 26.3 Å². The zero-order valence-corrected chi connectivity index (χ0v) is 6.62. The molecule has 0 saturated carbocycles. The number of alkyl halides is 4. The second kappa shape index (κ2) is 3.99. The van der Waals surface area contributed by atoms with Gasteiger partial charge in [-0.3, -0.25) is 4.79 Å². The molecule has 0 fully saturated rings. The van der Waals surface area contributed by atoms with E-state index in [1.54, 1.807) is 0 Å². The van der Waals surface area contributed by atoms with Crippen molar-refractivity contribution in [3.05, 3.63) is 0 Å². The van der Waals surface area contributed by atoms with E-state index in [4.69, 9.17) is 0 Å². The number of carbonyl (C=O) groups excluding carboxylic acids is 1. The van der Waals surface area contributed by atoms with Crippen LogP contribution in [0.3, 0.4) is 0 Å². The number of rotatable bonds is 4.